The molecule has 3 aromatic rings. The Bertz CT molecular complexity index is 1050. The number of primary amides is 1. The van der Waals surface area contributed by atoms with E-state index in [2.05, 4.69) is 10.3 Å². The van der Waals surface area contributed by atoms with Crippen LogP contribution in [0.5, 0.6) is 17.2 Å². The zero-order valence-corrected chi connectivity index (χ0v) is 15.0. The van der Waals surface area contributed by atoms with Gasteiger partial charge in [-0.1, -0.05) is 11.6 Å². The first-order chi connectivity index (χ1) is 12.9. The van der Waals surface area contributed by atoms with Crippen LogP contribution in [0, 0.1) is 5.41 Å². The van der Waals surface area contributed by atoms with Crippen LogP contribution >= 0.6 is 11.6 Å². The predicted octanol–water partition coefficient (Wildman–Crippen LogP) is 3.09. The Morgan fingerprint density at radius 3 is 2.59 bits per heavy atom. The first kappa shape index (κ1) is 18.3. The molecule has 1 heterocycles. The van der Waals surface area contributed by atoms with Gasteiger partial charge < -0.3 is 26.3 Å². The Hall–Kier alpha value is -3.52. The first-order valence-electron chi connectivity index (χ1n) is 7.74. The number of ether oxygens (including phenoxy) is 2. The molecule has 27 heavy (non-hydrogen) atoms. The molecule has 3 rings (SSSR count). The van der Waals surface area contributed by atoms with Crippen molar-refractivity contribution >= 4 is 40.1 Å². The van der Waals surface area contributed by atoms with Crippen LogP contribution in [-0.4, -0.2) is 24.0 Å². The normalized spacial score (nSPS) is 10.4. The summed E-state index contributed by atoms with van der Waals surface area (Å²) in [5.74, 6) is 0.416. The average molecular weight is 386 g/mol. The number of hydrogen-bond acceptors (Lipinski definition) is 5. The Balaban J connectivity index is 2.02. The summed E-state index contributed by atoms with van der Waals surface area (Å²) in [5.41, 5.74) is 12.0. The minimum Gasteiger partial charge on any atom is -0.496 e. The van der Waals surface area contributed by atoms with Crippen LogP contribution in [0.15, 0.2) is 42.6 Å². The summed E-state index contributed by atoms with van der Waals surface area (Å²) in [4.78, 5) is 16.0. The minimum absolute atomic E-state index is 0.223. The third-order valence-electron chi connectivity index (χ3n) is 3.73. The quantitative estimate of drug-likeness (QED) is 0.393. The number of aromatic nitrogens is 1. The summed E-state index contributed by atoms with van der Waals surface area (Å²) in [5, 5.41) is 10.8. The van der Waals surface area contributed by atoms with Crippen molar-refractivity contribution in [3.05, 3.63) is 53.2 Å². The number of hydrogen-bond donors (Lipinski definition) is 4. The number of methoxy groups -OCH3 is 1. The molecule has 0 unspecified atom stereocenters. The number of carbonyl (C=O) groups is 1. The predicted molar refractivity (Wildman–Crippen MR) is 104 cm³/mol. The third-order valence-corrected chi connectivity index (χ3v) is 4.04. The highest BCUT2D eigenvalue weighted by Gasteiger charge is 2.14. The molecule has 1 amide bonds. The van der Waals surface area contributed by atoms with E-state index in [0.29, 0.717) is 38.9 Å². The third kappa shape index (κ3) is 3.85. The van der Waals surface area contributed by atoms with Crippen LogP contribution < -0.4 is 26.3 Å². The number of fused-ring (bicyclic) bond motifs is 1. The molecule has 0 aliphatic rings. The maximum atomic E-state index is 11.7. The van der Waals surface area contributed by atoms with Crippen LogP contribution in [0.4, 0.5) is 5.69 Å². The van der Waals surface area contributed by atoms with E-state index >= 15 is 0 Å². The van der Waals surface area contributed by atoms with E-state index in [4.69, 9.17) is 38.0 Å². The number of carbonyl (C=O) groups excluding carboxylic acids is 1. The lowest BCUT2D eigenvalue weighted by Crippen LogP contribution is -2.20. The maximum Gasteiger partial charge on any atom is 0.252 e. The van der Waals surface area contributed by atoms with Gasteiger partial charge in [0.1, 0.15) is 17.2 Å². The Kier molecular flexibility index (Phi) is 5.00. The second kappa shape index (κ2) is 7.38. The van der Waals surface area contributed by atoms with Gasteiger partial charge in [-0.3, -0.25) is 15.2 Å². The van der Waals surface area contributed by atoms with Crippen molar-refractivity contribution in [3.8, 4) is 17.2 Å². The van der Waals surface area contributed by atoms with Gasteiger partial charge in [-0.05, 0) is 24.3 Å². The zero-order chi connectivity index (χ0) is 19.6. The smallest absolute Gasteiger partial charge is 0.252 e. The standard InChI is InChI=1S/C18H16ClN5O3/c1-26-16-8-14-10(7-11(16)17(20)25)15(4-5-23-14)27-9-2-3-13(12(19)6-9)24-18(21)22/h2-8H,1H3,(H2,20,25)(H4,21,22,24). The average Bonchev–Trinajstić information content (AvgIpc) is 2.62. The SMILES string of the molecule is COc1cc2nccc(Oc3ccc(NC(=N)N)c(Cl)c3)c2cc1C(N)=O. The minimum atomic E-state index is -0.619. The molecule has 0 saturated heterocycles. The highest BCUT2D eigenvalue weighted by atomic mass is 35.5. The van der Waals surface area contributed by atoms with E-state index in [1.165, 1.54) is 7.11 Å². The Morgan fingerprint density at radius 1 is 1.19 bits per heavy atom. The molecule has 0 aliphatic heterocycles. The number of nitrogens with two attached hydrogens (primary N) is 2. The summed E-state index contributed by atoms with van der Waals surface area (Å²) in [6.45, 7) is 0. The monoisotopic (exact) mass is 385 g/mol. The fourth-order valence-corrected chi connectivity index (χ4v) is 2.75. The number of rotatable bonds is 5. The molecular formula is C18H16ClN5O3. The molecule has 2 aromatic carbocycles. The van der Waals surface area contributed by atoms with Crippen LogP contribution in [-0.2, 0) is 0 Å². The zero-order valence-electron chi connectivity index (χ0n) is 14.2. The van der Waals surface area contributed by atoms with Gasteiger partial charge in [-0.25, -0.2) is 0 Å². The summed E-state index contributed by atoms with van der Waals surface area (Å²) in [6.07, 6.45) is 1.58. The molecule has 0 spiro atoms. The van der Waals surface area contributed by atoms with Gasteiger partial charge in [-0.2, -0.15) is 0 Å². The molecule has 0 bridgehead atoms. The van der Waals surface area contributed by atoms with E-state index in [1.807, 2.05) is 0 Å². The molecule has 0 saturated carbocycles. The van der Waals surface area contributed by atoms with Gasteiger partial charge in [0.2, 0.25) is 0 Å². The van der Waals surface area contributed by atoms with Crippen molar-refractivity contribution in [2.45, 2.75) is 0 Å². The van der Waals surface area contributed by atoms with Crippen molar-refractivity contribution in [1.29, 1.82) is 5.41 Å². The number of guanidine groups is 1. The highest BCUT2D eigenvalue weighted by molar-refractivity contribution is 6.33. The van der Waals surface area contributed by atoms with Crippen LogP contribution in [0.1, 0.15) is 10.4 Å². The lowest BCUT2D eigenvalue weighted by molar-refractivity contribution is 0.0997. The van der Waals surface area contributed by atoms with Crippen LogP contribution in [0.2, 0.25) is 5.02 Å². The van der Waals surface area contributed by atoms with Crippen molar-refractivity contribution in [2.24, 2.45) is 11.5 Å². The second-order valence-corrected chi connectivity index (χ2v) is 5.93. The largest absolute Gasteiger partial charge is 0.496 e. The number of halogens is 1. The molecule has 1 aromatic heterocycles. The fourth-order valence-electron chi connectivity index (χ4n) is 2.53. The van der Waals surface area contributed by atoms with Crippen molar-refractivity contribution < 1.29 is 14.3 Å². The Labute approximate surface area is 159 Å². The van der Waals surface area contributed by atoms with E-state index < -0.39 is 5.91 Å². The van der Waals surface area contributed by atoms with Crippen molar-refractivity contribution in [3.63, 3.8) is 0 Å². The van der Waals surface area contributed by atoms with Crippen LogP contribution in [0.3, 0.4) is 0 Å². The lowest BCUT2D eigenvalue weighted by Gasteiger charge is -2.13. The summed E-state index contributed by atoms with van der Waals surface area (Å²) < 4.78 is 11.1. The molecule has 8 nitrogen and oxygen atoms in total. The molecular weight excluding hydrogens is 370 g/mol. The van der Waals surface area contributed by atoms with E-state index in [0.717, 1.165) is 0 Å². The summed E-state index contributed by atoms with van der Waals surface area (Å²) >= 11 is 6.18. The fraction of sp³-hybridized carbons (Fsp3) is 0.0556. The maximum absolute atomic E-state index is 11.7. The molecule has 9 heteroatoms. The van der Waals surface area contributed by atoms with E-state index in [9.17, 15) is 4.79 Å². The van der Waals surface area contributed by atoms with Gasteiger partial charge in [0.15, 0.2) is 5.96 Å². The van der Waals surface area contributed by atoms with Gasteiger partial charge in [-0.15, -0.1) is 0 Å². The summed E-state index contributed by atoms with van der Waals surface area (Å²) in [7, 11) is 1.45. The van der Waals surface area contributed by atoms with E-state index in [1.54, 1.807) is 42.6 Å². The van der Waals surface area contributed by atoms with Crippen molar-refractivity contribution in [1.82, 2.24) is 4.98 Å². The van der Waals surface area contributed by atoms with Gasteiger partial charge in [0, 0.05) is 23.7 Å². The van der Waals surface area contributed by atoms with Crippen LogP contribution in [0.25, 0.3) is 10.9 Å². The lowest BCUT2D eigenvalue weighted by atomic mass is 10.1. The Morgan fingerprint density at radius 2 is 1.96 bits per heavy atom. The molecule has 0 radical (unpaired) electrons. The number of benzene rings is 2. The number of pyridine rings is 1. The number of nitrogens with one attached hydrogen (secondary N) is 2. The number of amides is 1. The van der Waals surface area contributed by atoms with Gasteiger partial charge in [0.25, 0.3) is 5.91 Å². The summed E-state index contributed by atoms with van der Waals surface area (Å²) in [6, 6.07) is 9.75. The second-order valence-electron chi connectivity index (χ2n) is 5.53. The molecule has 138 valence electrons. The number of nitrogens with zero attached hydrogens (tertiary/aromatic N) is 1. The van der Waals surface area contributed by atoms with Gasteiger partial charge in [0.05, 0.1) is 28.9 Å². The molecule has 0 fully saturated rings. The number of anilines is 1. The molecule has 6 N–H and O–H groups in total. The first-order valence-corrected chi connectivity index (χ1v) is 8.12. The highest BCUT2D eigenvalue weighted by Crippen LogP contribution is 2.35. The van der Waals surface area contributed by atoms with Gasteiger partial charge >= 0.3 is 0 Å². The van der Waals surface area contributed by atoms with E-state index in [-0.39, 0.29) is 11.5 Å². The topological polar surface area (TPSA) is 136 Å². The van der Waals surface area contributed by atoms with Crippen molar-refractivity contribution in [2.75, 3.05) is 12.4 Å². The molecule has 0 atom stereocenters. The molecule has 0 aliphatic carbocycles.